The first-order chi connectivity index (χ1) is 5.66. The van der Waals surface area contributed by atoms with E-state index in [4.69, 9.17) is 0 Å². The van der Waals surface area contributed by atoms with Crippen LogP contribution in [-0.4, -0.2) is 9.55 Å². The minimum absolute atomic E-state index is 0.0113. The zero-order valence-electron chi connectivity index (χ0n) is 7.87. The van der Waals surface area contributed by atoms with Crippen molar-refractivity contribution in [3.05, 3.63) is 22.9 Å². The predicted molar refractivity (Wildman–Crippen MR) is 49.2 cm³/mol. The van der Waals surface area contributed by atoms with E-state index in [0.29, 0.717) is 5.92 Å². The summed E-state index contributed by atoms with van der Waals surface area (Å²) in [6, 6.07) is 0.286. The molecule has 2 atom stereocenters. The third-order valence-electron chi connectivity index (χ3n) is 2.58. The molecule has 0 aliphatic carbocycles. The van der Waals surface area contributed by atoms with E-state index in [1.807, 2.05) is 0 Å². The Morgan fingerprint density at radius 3 is 2.67 bits per heavy atom. The number of hydrogen-bond acceptors (Lipinski definition) is 1. The Balaban J connectivity index is 2.84. The molecule has 1 aromatic heterocycles. The summed E-state index contributed by atoms with van der Waals surface area (Å²) in [5.41, 5.74) is -0.0113. The SMILES string of the molecule is CCC(C)C(C)n1cc[nH]c1=O. The maximum atomic E-state index is 11.2. The summed E-state index contributed by atoms with van der Waals surface area (Å²) < 4.78 is 1.74. The van der Waals surface area contributed by atoms with Gasteiger partial charge in [-0.25, -0.2) is 4.79 Å². The van der Waals surface area contributed by atoms with Crippen LogP contribution in [0.1, 0.15) is 33.2 Å². The Bertz CT molecular complexity index is 287. The lowest BCUT2D eigenvalue weighted by molar-refractivity contribution is 0.363. The van der Waals surface area contributed by atoms with Gasteiger partial charge in [-0.1, -0.05) is 20.3 Å². The molecular formula is C9H16N2O. The Labute approximate surface area is 72.4 Å². The van der Waals surface area contributed by atoms with Crippen molar-refractivity contribution in [1.29, 1.82) is 0 Å². The van der Waals surface area contributed by atoms with Crippen LogP contribution < -0.4 is 5.69 Å². The van der Waals surface area contributed by atoms with Crippen LogP contribution in [0.2, 0.25) is 0 Å². The van der Waals surface area contributed by atoms with Crippen LogP contribution in [0.3, 0.4) is 0 Å². The summed E-state index contributed by atoms with van der Waals surface area (Å²) in [5.74, 6) is 0.540. The maximum Gasteiger partial charge on any atom is 0.325 e. The van der Waals surface area contributed by atoms with Gasteiger partial charge in [0.15, 0.2) is 0 Å². The molecule has 0 fully saturated rings. The van der Waals surface area contributed by atoms with Crippen molar-refractivity contribution in [1.82, 2.24) is 9.55 Å². The minimum Gasteiger partial charge on any atom is -0.313 e. The first-order valence-corrected chi connectivity index (χ1v) is 4.42. The third kappa shape index (κ3) is 1.60. The van der Waals surface area contributed by atoms with Gasteiger partial charge in [0, 0.05) is 18.4 Å². The van der Waals surface area contributed by atoms with Crippen molar-refractivity contribution in [2.24, 2.45) is 5.92 Å². The minimum atomic E-state index is -0.0113. The van der Waals surface area contributed by atoms with E-state index >= 15 is 0 Å². The normalized spacial score (nSPS) is 15.9. The summed E-state index contributed by atoms with van der Waals surface area (Å²) in [6.07, 6.45) is 4.58. The molecule has 1 heterocycles. The molecule has 3 heteroatoms. The molecule has 1 N–H and O–H groups in total. The number of rotatable bonds is 3. The van der Waals surface area contributed by atoms with Crippen molar-refractivity contribution in [2.75, 3.05) is 0 Å². The molecule has 0 saturated carbocycles. The molecule has 68 valence electrons. The number of H-pyrrole nitrogens is 1. The fraction of sp³-hybridized carbons (Fsp3) is 0.667. The molecule has 0 radical (unpaired) electrons. The topological polar surface area (TPSA) is 37.8 Å². The molecule has 1 rings (SSSR count). The lowest BCUT2D eigenvalue weighted by atomic mass is 10.0. The second-order valence-corrected chi connectivity index (χ2v) is 3.30. The van der Waals surface area contributed by atoms with E-state index in [1.165, 1.54) is 0 Å². The summed E-state index contributed by atoms with van der Waals surface area (Å²) in [6.45, 7) is 6.37. The van der Waals surface area contributed by atoms with Gasteiger partial charge in [0.1, 0.15) is 0 Å². The van der Waals surface area contributed by atoms with Gasteiger partial charge < -0.3 is 4.98 Å². The molecular weight excluding hydrogens is 152 g/mol. The fourth-order valence-electron chi connectivity index (χ4n) is 1.27. The number of aromatic amines is 1. The van der Waals surface area contributed by atoms with Crippen LogP contribution in [0.15, 0.2) is 17.2 Å². The lowest BCUT2D eigenvalue weighted by Crippen LogP contribution is -2.23. The number of nitrogens with zero attached hydrogens (tertiary/aromatic N) is 1. The third-order valence-corrected chi connectivity index (χ3v) is 2.58. The Morgan fingerprint density at radius 1 is 1.58 bits per heavy atom. The lowest BCUT2D eigenvalue weighted by Gasteiger charge is -2.18. The van der Waals surface area contributed by atoms with Crippen LogP contribution >= 0.6 is 0 Å². The second-order valence-electron chi connectivity index (χ2n) is 3.30. The Hall–Kier alpha value is -0.990. The smallest absolute Gasteiger partial charge is 0.313 e. The van der Waals surface area contributed by atoms with E-state index in [1.54, 1.807) is 17.0 Å². The molecule has 0 spiro atoms. The van der Waals surface area contributed by atoms with Gasteiger partial charge in [-0.2, -0.15) is 0 Å². The van der Waals surface area contributed by atoms with Crippen LogP contribution in [0, 0.1) is 5.92 Å². The average molecular weight is 168 g/mol. The van der Waals surface area contributed by atoms with E-state index in [2.05, 4.69) is 25.8 Å². The van der Waals surface area contributed by atoms with Crippen LogP contribution in [0.25, 0.3) is 0 Å². The highest BCUT2D eigenvalue weighted by Crippen LogP contribution is 2.17. The van der Waals surface area contributed by atoms with Crippen LogP contribution in [0.5, 0.6) is 0 Å². The number of hydrogen-bond donors (Lipinski definition) is 1. The standard InChI is InChI=1S/C9H16N2O/c1-4-7(2)8(3)11-6-5-10-9(11)12/h5-8H,4H2,1-3H3,(H,10,12). The van der Waals surface area contributed by atoms with Gasteiger partial charge in [-0.15, -0.1) is 0 Å². The van der Waals surface area contributed by atoms with Crippen molar-refractivity contribution < 1.29 is 0 Å². The molecule has 0 aliphatic rings. The molecule has 0 saturated heterocycles. The Kier molecular flexibility index (Phi) is 2.74. The molecule has 0 amide bonds. The van der Waals surface area contributed by atoms with Crippen molar-refractivity contribution in [2.45, 2.75) is 33.2 Å². The summed E-state index contributed by atoms with van der Waals surface area (Å²) in [5, 5.41) is 0. The quantitative estimate of drug-likeness (QED) is 0.734. The van der Waals surface area contributed by atoms with Gasteiger partial charge in [-0.3, -0.25) is 4.57 Å². The maximum absolute atomic E-state index is 11.2. The molecule has 1 aromatic rings. The van der Waals surface area contributed by atoms with E-state index in [-0.39, 0.29) is 11.7 Å². The van der Waals surface area contributed by atoms with Gasteiger partial charge in [0.25, 0.3) is 0 Å². The molecule has 2 unspecified atom stereocenters. The van der Waals surface area contributed by atoms with Crippen LogP contribution in [0.4, 0.5) is 0 Å². The first kappa shape index (κ1) is 9.10. The van der Waals surface area contributed by atoms with E-state index in [0.717, 1.165) is 6.42 Å². The zero-order valence-corrected chi connectivity index (χ0v) is 7.87. The number of aromatic nitrogens is 2. The average Bonchev–Trinajstić information content (AvgIpc) is 2.48. The second kappa shape index (κ2) is 3.61. The highest BCUT2D eigenvalue weighted by molar-refractivity contribution is 4.81. The molecule has 0 aromatic carbocycles. The van der Waals surface area contributed by atoms with Gasteiger partial charge in [-0.05, 0) is 12.8 Å². The monoisotopic (exact) mass is 168 g/mol. The fourth-order valence-corrected chi connectivity index (χ4v) is 1.27. The van der Waals surface area contributed by atoms with Crippen LogP contribution in [-0.2, 0) is 0 Å². The van der Waals surface area contributed by atoms with Gasteiger partial charge in [0.05, 0.1) is 0 Å². The summed E-state index contributed by atoms with van der Waals surface area (Å²) in [4.78, 5) is 13.8. The summed E-state index contributed by atoms with van der Waals surface area (Å²) in [7, 11) is 0. The number of nitrogens with one attached hydrogen (secondary N) is 1. The predicted octanol–water partition coefficient (Wildman–Crippen LogP) is 1.78. The van der Waals surface area contributed by atoms with Crippen molar-refractivity contribution >= 4 is 0 Å². The van der Waals surface area contributed by atoms with Gasteiger partial charge >= 0.3 is 5.69 Å². The van der Waals surface area contributed by atoms with Crippen molar-refractivity contribution in [3.8, 4) is 0 Å². The first-order valence-electron chi connectivity index (χ1n) is 4.42. The van der Waals surface area contributed by atoms with E-state index < -0.39 is 0 Å². The molecule has 3 nitrogen and oxygen atoms in total. The van der Waals surface area contributed by atoms with E-state index in [9.17, 15) is 4.79 Å². The Morgan fingerprint density at radius 2 is 2.25 bits per heavy atom. The molecule has 0 bridgehead atoms. The summed E-state index contributed by atoms with van der Waals surface area (Å²) >= 11 is 0. The molecule has 0 aliphatic heterocycles. The highest BCUT2D eigenvalue weighted by atomic mass is 16.1. The molecule has 12 heavy (non-hydrogen) atoms. The number of imidazole rings is 1. The largest absolute Gasteiger partial charge is 0.325 e. The van der Waals surface area contributed by atoms with Crippen molar-refractivity contribution in [3.63, 3.8) is 0 Å². The highest BCUT2D eigenvalue weighted by Gasteiger charge is 2.12. The zero-order chi connectivity index (χ0) is 9.14. The van der Waals surface area contributed by atoms with Gasteiger partial charge in [0.2, 0.25) is 0 Å².